The van der Waals surface area contributed by atoms with Crippen molar-refractivity contribution < 1.29 is 17.9 Å². The Hall–Kier alpha value is -3.46. The van der Waals surface area contributed by atoms with Crippen molar-refractivity contribution in [1.82, 2.24) is 9.55 Å². The Bertz CT molecular complexity index is 1240. The number of carbonyl (C=O) groups excluding carboxylic acids is 1. The van der Waals surface area contributed by atoms with Crippen LogP contribution in [0.2, 0.25) is 0 Å². The van der Waals surface area contributed by atoms with Crippen molar-refractivity contribution in [3.05, 3.63) is 83.0 Å². The van der Waals surface area contributed by atoms with Crippen molar-refractivity contribution in [1.29, 1.82) is 0 Å². The average molecular weight is 470 g/mol. The van der Waals surface area contributed by atoms with Crippen molar-refractivity contribution in [3.63, 3.8) is 0 Å². The first-order valence-corrected chi connectivity index (χ1v) is 12.5. The lowest BCUT2D eigenvalue weighted by molar-refractivity contribution is -0.117. The standard InChI is InChI=1S/C24H27N3O5S/c1-33(30,31)22(24(25)29)11-15-27-14-10-20(17-23(27)28)19-4-6-21(7-5-19)32-16-2-3-18-8-12-26-13-9-18/h4-10,12-14,17,22H,2-3,11,15-16H2,1H3,(H2,25,29). The van der Waals surface area contributed by atoms with Crippen molar-refractivity contribution in [2.45, 2.75) is 31.1 Å². The van der Waals surface area contributed by atoms with E-state index in [0.717, 1.165) is 36.0 Å². The lowest BCUT2D eigenvalue weighted by atomic mass is 10.1. The molecule has 2 N–H and O–H groups in total. The number of hydrogen-bond acceptors (Lipinski definition) is 6. The predicted molar refractivity (Wildman–Crippen MR) is 127 cm³/mol. The topological polar surface area (TPSA) is 121 Å². The van der Waals surface area contributed by atoms with Crippen LogP contribution in [0.5, 0.6) is 5.75 Å². The summed E-state index contributed by atoms with van der Waals surface area (Å²) in [6.45, 7) is 0.670. The maximum atomic E-state index is 12.5. The molecule has 0 saturated heterocycles. The van der Waals surface area contributed by atoms with Crippen LogP contribution in [0.4, 0.5) is 0 Å². The molecule has 0 spiro atoms. The number of carbonyl (C=O) groups is 1. The molecule has 0 saturated carbocycles. The number of pyridine rings is 2. The van der Waals surface area contributed by atoms with E-state index in [1.165, 1.54) is 16.2 Å². The van der Waals surface area contributed by atoms with Gasteiger partial charge in [-0.1, -0.05) is 12.1 Å². The van der Waals surface area contributed by atoms with E-state index in [2.05, 4.69) is 4.98 Å². The summed E-state index contributed by atoms with van der Waals surface area (Å²) >= 11 is 0. The van der Waals surface area contributed by atoms with Gasteiger partial charge in [0.25, 0.3) is 5.56 Å². The van der Waals surface area contributed by atoms with E-state index in [0.29, 0.717) is 6.61 Å². The van der Waals surface area contributed by atoms with Gasteiger partial charge in [0.05, 0.1) is 6.61 Å². The zero-order chi connectivity index (χ0) is 23.8. The summed E-state index contributed by atoms with van der Waals surface area (Å²) in [5.41, 5.74) is 7.70. The molecule has 0 bridgehead atoms. The molecule has 3 rings (SSSR count). The molecule has 0 aliphatic heterocycles. The van der Waals surface area contributed by atoms with Gasteiger partial charge in [0.1, 0.15) is 11.0 Å². The zero-order valence-corrected chi connectivity index (χ0v) is 19.2. The van der Waals surface area contributed by atoms with Crippen LogP contribution in [0.25, 0.3) is 11.1 Å². The van der Waals surface area contributed by atoms with Crippen LogP contribution in [0.1, 0.15) is 18.4 Å². The number of nitrogens with zero attached hydrogens (tertiary/aromatic N) is 2. The fourth-order valence-electron chi connectivity index (χ4n) is 3.46. The molecule has 0 aliphatic rings. The average Bonchev–Trinajstić information content (AvgIpc) is 2.78. The second kappa shape index (κ2) is 10.9. The first-order valence-electron chi connectivity index (χ1n) is 10.5. The minimum absolute atomic E-state index is 0.0549. The van der Waals surface area contributed by atoms with E-state index in [-0.39, 0.29) is 18.5 Å². The molecule has 8 nitrogen and oxygen atoms in total. The minimum Gasteiger partial charge on any atom is -0.494 e. The number of aryl methyl sites for hydroxylation is 2. The van der Waals surface area contributed by atoms with E-state index in [1.54, 1.807) is 24.7 Å². The Morgan fingerprint density at radius 3 is 2.39 bits per heavy atom. The van der Waals surface area contributed by atoms with E-state index in [1.807, 2.05) is 36.4 Å². The molecule has 33 heavy (non-hydrogen) atoms. The van der Waals surface area contributed by atoms with Gasteiger partial charge in [0.15, 0.2) is 9.84 Å². The van der Waals surface area contributed by atoms with Crippen molar-refractivity contribution >= 4 is 15.7 Å². The molecule has 2 heterocycles. The summed E-state index contributed by atoms with van der Waals surface area (Å²) in [5, 5.41) is -1.32. The van der Waals surface area contributed by atoms with Crippen molar-refractivity contribution in [2.75, 3.05) is 12.9 Å². The van der Waals surface area contributed by atoms with E-state index < -0.39 is 21.0 Å². The summed E-state index contributed by atoms with van der Waals surface area (Å²) in [7, 11) is -3.63. The highest BCUT2D eigenvalue weighted by molar-refractivity contribution is 7.92. The minimum atomic E-state index is -3.63. The second-order valence-electron chi connectivity index (χ2n) is 7.79. The normalized spacial score (nSPS) is 12.3. The van der Waals surface area contributed by atoms with E-state index in [9.17, 15) is 18.0 Å². The fraction of sp³-hybridized carbons (Fsp3) is 0.292. The quantitative estimate of drug-likeness (QED) is 0.430. The highest BCUT2D eigenvalue weighted by Gasteiger charge is 2.26. The lowest BCUT2D eigenvalue weighted by Gasteiger charge is -2.13. The van der Waals surface area contributed by atoms with Gasteiger partial charge in [-0.3, -0.25) is 14.6 Å². The third-order valence-electron chi connectivity index (χ3n) is 5.28. The van der Waals surface area contributed by atoms with Crippen LogP contribution in [0.15, 0.2) is 71.9 Å². The van der Waals surface area contributed by atoms with Gasteiger partial charge in [-0.05, 0) is 66.3 Å². The Labute approximate surface area is 193 Å². The summed E-state index contributed by atoms with van der Waals surface area (Å²) < 4.78 is 30.5. The SMILES string of the molecule is CS(=O)(=O)C(CCn1ccc(-c2ccc(OCCCc3ccncc3)cc2)cc1=O)C(N)=O. The van der Waals surface area contributed by atoms with Crippen LogP contribution in [-0.2, 0) is 27.6 Å². The van der Waals surface area contributed by atoms with Crippen LogP contribution >= 0.6 is 0 Å². The number of aromatic nitrogens is 2. The molecule has 174 valence electrons. The lowest BCUT2D eigenvalue weighted by Crippen LogP contribution is -2.36. The molecular weight excluding hydrogens is 442 g/mol. The van der Waals surface area contributed by atoms with Gasteiger partial charge in [-0.15, -0.1) is 0 Å². The van der Waals surface area contributed by atoms with Gasteiger partial charge < -0.3 is 15.0 Å². The number of rotatable bonds is 11. The molecule has 1 atom stereocenters. The summed E-state index contributed by atoms with van der Waals surface area (Å²) in [6, 6.07) is 14.7. The van der Waals surface area contributed by atoms with Gasteiger partial charge in [0, 0.05) is 37.5 Å². The van der Waals surface area contributed by atoms with E-state index >= 15 is 0 Å². The number of nitrogens with two attached hydrogens (primary N) is 1. The number of hydrogen-bond donors (Lipinski definition) is 1. The Morgan fingerprint density at radius 2 is 1.79 bits per heavy atom. The first kappa shape index (κ1) is 24.2. The molecule has 1 aromatic carbocycles. The van der Waals surface area contributed by atoms with Gasteiger partial charge in [-0.25, -0.2) is 8.42 Å². The van der Waals surface area contributed by atoms with E-state index in [4.69, 9.17) is 10.5 Å². The van der Waals surface area contributed by atoms with Crippen LogP contribution in [0, 0.1) is 0 Å². The fourth-order valence-corrected chi connectivity index (χ4v) is 4.41. The Morgan fingerprint density at radius 1 is 1.09 bits per heavy atom. The van der Waals surface area contributed by atoms with Crippen LogP contribution in [0.3, 0.4) is 0 Å². The number of sulfone groups is 1. The number of benzene rings is 1. The maximum absolute atomic E-state index is 12.5. The molecule has 1 unspecified atom stereocenters. The molecule has 1 amide bonds. The molecular formula is C24H27N3O5S. The number of ether oxygens (including phenoxy) is 1. The Kier molecular flexibility index (Phi) is 8.00. The highest BCUT2D eigenvalue weighted by atomic mass is 32.2. The van der Waals surface area contributed by atoms with Crippen LogP contribution < -0.4 is 16.0 Å². The summed E-state index contributed by atoms with van der Waals surface area (Å²) in [5.74, 6) is -0.165. The molecule has 2 aromatic heterocycles. The molecule has 3 aromatic rings. The summed E-state index contributed by atoms with van der Waals surface area (Å²) in [6.07, 6.45) is 7.85. The zero-order valence-electron chi connectivity index (χ0n) is 18.4. The molecule has 9 heteroatoms. The summed E-state index contributed by atoms with van der Waals surface area (Å²) in [4.78, 5) is 27.9. The highest BCUT2D eigenvalue weighted by Crippen LogP contribution is 2.21. The first-order chi connectivity index (χ1) is 15.7. The largest absolute Gasteiger partial charge is 0.494 e. The molecule has 0 aliphatic carbocycles. The number of primary amides is 1. The monoisotopic (exact) mass is 469 g/mol. The van der Waals surface area contributed by atoms with Gasteiger partial charge in [0.2, 0.25) is 5.91 Å². The van der Waals surface area contributed by atoms with Crippen molar-refractivity contribution in [2.24, 2.45) is 5.73 Å². The van der Waals surface area contributed by atoms with Crippen LogP contribution in [-0.4, -0.2) is 42.0 Å². The second-order valence-corrected chi connectivity index (χ2v) is 10.0. The van der Waals surface area contributed by atoms with Crippen molar-refractivity contribution in [3.8, 4) is 16.9 Å². The molecule has 0 radical (unpaired) electrons. The predicted octanol–water partition coefficient (Wildman–Crippen LogP) is 2.21. The number of amides is 1. The smallest absolute Gasteiger partial charge is 0.251 e. The van der Waals surface area contributed by atoms with Gasteiger partial charge >= 0.3 is 0 Å². The third kappa shape index (κ3) is 7.01. The third-order valence-corrected chi connectivity index (χ3v) is 6.78. The Balaban J connectivity index is 1.57. The maximum Gasteiger partial charge on any atom is 0.251 e. The molecule has 0 fully saturated rings. The van der Waals surface area contributed by atoms with Gasteiger partial charge in [-0.2, -0.15) is 0 Å².